The van der Waals surface area contributed by atoms with Crippen LogP contribution in [-0.4, -0.2) is 23.3 Å². The second-order valence-corrected chi connectivity index (χ2v) is 11.5. The largest absolute Gasteiger partial charge is 0.675 e. The topological polar surface area (TPSA) is 114 Å². The Bertz CT molecular complexity index is 1500. The predicted octanol–water partition coefficient (Wildman–Crippen LogP) is 8.72. The van der Waals surface area contributed by atoms with Gasteiger partial charge in [0.05, 0.1) is 12.2 Å². The number of benzene rings is 4. The smallest absolute Gasteiger partial charge is 0.135 e. The van der Waals surface area contributed by atoms with Gasteiger partial charge in [-0.1, -0.05) is 48.5 Å². The molecule has 4 N–H and O–H groups in total. The number of aliphatic hydroxyl groups excluding tert-OH is 2. The Kier molecular flexibility index (Phi) is 9.63. The van der Waals surface area contributed by atoms with E-state index in [1.165, 1.54) is 0 Å². The van der Waals surface area contributed by atoms with Gasteiger partial charge in [0.15, 0.2) is 0 Å². The van der Waals surface area contributed by atoms with Gasteiger partial charge >= 0.3 is 35.3 Å². The van der Waals surface area contributed by atoms with Gasteiger partial charge in [-0.3, -0.25) is 0 Å². The zero-order chi connectivity index (χ0) is 26.4. The van der Waals surface area contributed by atoms with Crippen LogP contribution < -0.4 is 0 Å². The van der Waals surface area contributed by atoms with Crippen molar-refractivity contribution in [1.29, 1.82) is 0 Å². The number of hydrogen-bond acceptors (Lipinski definition) is 4. The summed E-state index contributed by atoms with van der Waals surface area (Å²) in [5.74, 6) is 0. The van der Waals surface area contributed by atoms with E-state index in [0.717, 1.165) is 55.0 Å². The van der Waals surface area contributed by atoms with Gasteiger partial charge < -0.3 is 30.5 Å². The summed E-state index contributed by atoms with van der Waals surface area (Å²) in [6.07, 6.45) is -1.46. The van der Waals surface area contributed by atoms with E-state index in [2.05, 4.69) is 0 Å². The van der Waals surface area contributed by atoms with Crippen LogP contribution in [0.25, 0.3) is 55.3 Å². The maximum absolute atomic E-state index is 9.68. The van der Waals surface area contributed by atoms with Crippen molar-refractivity contribution in [3.05, 3.63) is 108 Å². The van der Waals surface area contributed by atoms with Crippen LogP contribution in [0.15, 0.2) is 93.8 Å². The average Bonchev–Trinajstić information content (AvgIpc) is 3.50. The molecule has 2 aromatic heterocycles. The fourth-order valence-electron chi connectivity index (χ4n) is 4.14. The summed E-state index contributed by atoms with van der Waals surface area (Å²) in [7, 11) is 9.75. The Hall–Kier alpha value is -2.41. The number of aliphatic hydroxyl groups is 2. The molecule has 0 aliphatic carbocycles. The van der Waals surface area contributed by atoms with E-state index in [9.17, 15) is 10.2 Å². The van der Waals surface area contributed by atoms with Gasteiger partial charge in [0.25, 0.3) is 0 Å². The molecule has 2 atom stereocenters. The molecule has 9 heteroatoms. The molecular weight excluding hydrogens is 694 g/mol. The molecule has 6 aromatic rings. The Morgan fingerprint density at radius 1 is 0.595 bits per heavy atom. The molecule has 0 saturated carbocycles. The van der Waals surface area contributed by atoms with E-state index in [4.69, 9.17) is 39.1 Å². The number of nitrogens with one attached hydrogen (secondary N) is 2. The SMILES string of the molecule is [Cl][Pt+2][Cl].[NH-]CC(O)c1ccc2oc3ccccc3c2c1.[NH-]CC(O)c1ccc2oc3ccccc3c2c1. The summed E-state index contributed by atoms with van der Waals surface area (Å²) in [6.45, 7) is -0.0530. The van der Waals surface area contributed by atoms with E-state index in [1.807, 2.05) is 84.9 Å². The molecule has 37 heavy (non-hydrogen) atoms. The van der Waals surface area contributed by atoms with E-state index >= 15 is 0 Å². The Labute approximate surface area is 230 Å². The summed E-state index contributed by atoms with van der Waals surface area (Å²) in [6, 6.07) is 26.8. The molecule has 4 aromatic carbocycles. The Balaban J connectivity index is 0.000000157. The van der Waals surface area contributed by atoms with Crippen molar-refractivity contribution in [3.8, 4) is 0 Å². The zero-order valence-electron chi connectivity index (χ0n) is 19.4. The maximum Gasteiger partial charge on any atom is 0.135 e. The number of halogens is 2. The molecule has 0 aliphatic heterocycles. The third kappa shape index (κ3) is 6.19. The molecule has 2 unspecified atom stereocenters. The minimum Gasteiger partial charge on any atom is -0.675 e. The van der Waals surface area contributed by atoms with Gasteiger partial charge in [-0.15, -0.1) is 13.1 Å². The van der Waals surface area contributed by atoms with Gasteiger partial charge in [0, 0.05) is 21.5 Å². The minimum absolute atomic E-state index is 0.0265. The van der Waals surface area contributed by atoms with Crippen molar-refractivity contribution in [2.45, 2.75) is 12.2 Å². The number of rotatable bonds is 4. The molecule has 0 spiro atoms. The summed E-state index contributed by atoms with van der Waals surface area (Å²) >= 11 is -0.472. The molecule has 2 heterocycles. The average molecular weight is 718 g/mol. The van der Waals surface area contributed by atoms with Crippen molar-refractivity contribution in [1.82, 2.24) is 0 Å². The van der Waals surface area contributed by atoms with Crippen LogP contribution in [0.1, 0.15) is 23.3 Å². The normalized spacial score (nSPS) is 12.8. The van der Waals surface area contributed by atoms with Crippen LogP contribution >= 0.6 is 18.8 Å². The van der Waals surface area contributed by atoms with Crippen molar-refractivity contribution < 1.29 is 35.5 Å². The van der Waals surface area contributed by atoms with Crippen LogP contribution in [-0.2, 0) is 16.5 Å². The standard InChI is InChI=1S/2C14H12NO2.2ClH.Pt/c2*15-8-12(16)9-5-6-14-11(7-9)10-3-1-2-4-13(10)17-14;;;/h2*1-7,12,15-16H,8H2;2*1H;/q2*-1;;;+4/p-2. The number of para-hydroxylation sites is 2. The van der Waals surface area contributed by atoms with Crippen molar-refractivity contribution in [2.75, 3.05) is 13.1 Å². The van der Waals surface area contributed by atoms with E-state index < -0.39 is 28.7 Å². The van der Waals surface area contributed by atoms with Crippen molar-refractivity contribution in [3.63, 3.8) is 0 Å². The summed E-state index contributed by atoms with van der Waals surface area (Å²) in [5, 5.41) is 23.4. The molecular formula is C28H24Cl2N2O4Pt. The minimum atomic E-state index is -0.729. The second-order valence-electron chi connectivity index (χ2n) is 8.19. The quantitative estimate of drug-likeness (QED) is 0.190. The number of fused-ring (bicyclic) bond motifs is 6. The van der Waals surface area contributed by atoms with Crippen LogP contribution in [0.4, 0.5) is 0 Å². The van der Waals surface area contributed by atoms with Crippen molar-refractivity contribution >= 4 is 62.7 Å². The van der Waals surface area contributed by atoms with Crippen LogP contribution in [0, 0.1) is 0 Å². The fourth-order valence-corrected chi connectivity index (χ4v) is 4.14. The molecule has 0 aliphatic rings. The molecule has 0 fully saturated rings. The first-order valence-corrected chi connectivity index (χ1v) is 16.9. The van der Waals surface area contributed by atoms with E-state index in [0.29, 0.717) is 0 Å². The van der Waals surface area contributed by atoms with Crippen LogP contribution in [0.5, 0.6) is 0 Å². The molecule has 194 valence electrons. The monoisotopic (exact) mass is 717 g/mol. The molecule has 0 bridgehead atoms. The second kappa shape index (κ2) is 12.9. The first-order chi connectivity index (χ1) is 18.0. The van der Waals surface area contributed by atoms with E-state index in [1.54, 1.807) is 0 Å². The fraction of sp³-hybridized carbons (Fsp3) is 0.143. The first kappa shape index (κ1) is 27.6. The summed E-state index contributed by atoms with van der Waals surface area (Å²) in [4.78, 5) is 0. The zero-order valence-corrected chi connectivity index (χ0v) is 23.2. The molecule has 0 radical (unpaired) electrons. The molecule has 6 rings (SSSR count). The van der Waals surface area contributed by atoms with Crippen LogP contribution in [0.2, 0.25) is 0 Å². The third-order valence-corrected chi connectivity index (χ3v) is 5.96. The summed E-state index contributed by atoms with van der Waals surface area (Å²) in [5.41, 5.74) is 19.3. The van der Waals surface area contributed by atoms with E-state index in [-0.39, 0.29) is 13.1 Å². The van der Waals surface area contributed by atoms with Gasteiger partial charge in [-0.05, 0) is 47.5 Å². The van der Waals surface area contributed by atoms with Gasteiger partial charge in [0.2, 0.25) is 0 Å². The molecule has 0 saturated heterocycles. The molecule has 6 nitrogen and oxygen atoms in total. The number of furan rings is 2. The Morgan fingerprint density at radius 2 is 0.946 bits per heavy atom. The van der Waals surface area contributed by atoms with Gasteiger partial charge in [0.1, 0.15) is 22.3 Å². The van der Waals surface area contributed by atoms with Crippen molar-refractivity contribution in [2.24, 2.45) is 0 Å². The molecule has 0 amide bonds. The van der Waals surface area contributed by atoms with Gasteiger partial charge in [-0.2, -0.15) is 0 Å². The third-order valence-electron chi connectivity index (χ3n) is 5.96. The summed E-state index contributed by atoms with van der Waals surface area (Å²) < 4.78 is 11.4. The number of hydrogen-bond donors (Lipinski definition) is 2. The van der Waals surface area contributed by atoms with Crippen LogP contribution in [0.3, 0.4) is 0 Å². The Morgan fingerprint density at radius 3 is 1.32 bits per heavy atom. The van der Waals surface area contributed by atoms with Gasteiger partial charge in [-0.25, -0.2) is 0 Å². The predicted molar refractivity (Wildman–Crippen MR) is 147 cm³/mol. The first-order valence-electron chi connectivity index (χ1n) is 11.3. The maximum atomic E-state index is 9.68.